The van der Waals surface area contributed by atoms with Gasteiger partial charge < -0.3 is 14.2 Å². The van der Waals surface area contributed by atoms with Gasteiger partial charge in [0.05, 0.1) is 0 Å². The molecular formula is C76H128O6. The summed E-state index contributed by atoms with van der Waals surface area (Å²) >= 11 is 0. The van der Waals surface area contributed by atoms with Crippen molar-refractivity contribution >= 4 is 17.9 Å². The van der Waals surface area contributed by atoms with Crippen LogP contribution < -0.4 is 0 Å². The summed E-state index contributed by atoms with van der Waals surface area (Å²) in [5.74, 6) is -0.963. The van der Waals surface area contributed by atoms with Crippen molar-refractivity contribution in [2.24, 2.45) is 0 Å². The summed E-state index contributed by atoms with van der Waals surface area (Å²) in [5.41, 5.74) is 0. The number of hydrogen-bond donors (Lipinski definition) is 0. The van der Waals surface area contributed by atoms with Crippen LogP contribution >= 0.6 is 0 Å². The van der Waals surface area contributed by atoms with E-state index >= 15 is 0 Å². The number of carbonyl (C=O) groups is 3. The predicted octanol–water partition coefficient (Wildman–Crippen LogP) is 23.9. The maximum atomic E-state index is 12.9. The van der Waals surface area contributed by atoms with Crippen LogP contribution in [0.25, 0.3) is 0 Å². The van der Waals surface area contributed by atoms with E-state index in [-0.39, 0.29) is 37.5 Å². The van der Waals surface area contributed by atoms with Gasteiger partial charge in [0, 0.05) is 19.3 Å². The fourth-order valence-corrected chi connectivity index (χ4v) is 9.57. The van der Waals surface area contributed by atoms with Crippen LogP contribution in [0.2, 0.25) is 0 Å². The Morgan fingerprint density at radius 2 is 0.512 bits per heavy atom. The lowest BCUT2D eigenvalue weighted by Gasteiger charge is -2.18. The number of unbranched alkanes of at least 4 members (excludes halogenated alkanes) is 31. The molecule has 1 unspecified atom stereocenters. The molecule has 0 saturated carbocycles. The highest BCUT2D eigenvalue weighted by atomic mass is 16.6. The van der Waals surface area contributed by atoms with Crippen LogP contribution in [-0.2, 0) is 28.6 Å². The molecule has 0 bridgehead atoms. The van der Waals surface area contributed by atoms with Crippen LogP contribution in [0.3, 0.4) is 0 Å². The van der Waals surface area contributed by atoms with E-state index < -0.39 is 6.10 Å². The molecule has 0 aromatic carbocycles. The van der Waals surface area contributed by atoms with Crippen LogP contribution in [0.5, 0.6) is 0 Å². The molecule has 0 saturated heterocycles. The van der Waals surface area contributed by atoms with Crippen molar-refractivity contribution in [3.05, 3.63) is 122 Å². The largest absolute Gasteiger partial charge is 0.462 e. The summed E-state index contributed by atoms with van der Waals surface area (Å²) in [7, 11) is 0. The zero-order chi connectivity index (χ0) is 59.2. The second-order valence-corrected chi connectivity index (χ2v) is 22.7. The van der Waals surface area contributed by atoms with E-state index in [1.165, 1.54) is 154 Å². The lowest BCUT2D eigenvalue weighted by atomic mass is 10.0. The van der Waals surface area contributed by atoms with Crippen LogP contribution in [-0.4, -0.2) is 37.2 Å². The quantitative estimate of drug-likeness (QED) is 0.0261. The number of rotatable bonds is 62. The molecular weight excluding hydrogens is 1010 g/mol. The van der Waals surface area contributed by atoms with Crippen molar-refractivity contribution in [3.63, 3.8) is 0 Å². The molecule has 0 fully saturated rings. The standard InChI is InChI=1S/C76H128O6/c1-4-7-10-13-16-19-22-24-26-28-30-32-34-36-37-38-39-41-42-44-46-48-50-52-54-57-60-63-66-69-75(78)81-72-73(71-80-74(77)68-65-62-59-56-21-18-15-12-9-6-3)82-76(79)70-67-64-61-58-55-53-51-49-47-45-43-40-35-33-31-29-27-25-23-20-17-14-11-8-5-2/h7,10,12,15-16,19,24,26,30,32,36-37,39,41,44,46,50,52,57,60,73H,4-6,8-9,11,13-14,17-18,20-23,25,27-29,31,33-35,38,40,42-43,45,47-49,51,53-56,58-59,61-72H2,1-3H3/b10-7-,15-12-,19-16-,26-24-,32-30-,37-36-,41-39-,46-44-,52-50-,60-57-. The van der Waals surface area contributed by atoms with Gasteiger partial charge in [-0.1, -0.05) is 322 Å². The van der Waals surface area contributed by atoms with Crippen molar-refractivity contribution in [1.29, 1.82) is 0 Å². The first kappa shape index (κ1) is 77.8. The third-order valence-corrected chi connectivity index (χ3v) is 14.7. The molecule has 82 heavy (non-hydrogen) atoms. The molecule has 0 radical (unpaired) electrons. The van der Waals surface area contributed by atoms with Gasteiger partial charge in [-0.3, -0.25) is 14.4 Å². The minimum Gasteiger partial charge on any atom is -0.462 e. The van der Waals surface area contributed by atoms with E-state index in [1.807, 2.05) is 0 Å². The normalized spacial score (nSPS) is 12.9. The van der Waals surface area contributed by atoms with Crippen LogP contribution in [0, 0.1) is 0 Å². The highest BCUT2D eigenvalue weighted by Gasteiger charge is 2.19. The molecule has 0 aliphatic carbocycles. The Hall–Kier alpha value is -4.19. The van der Waals surface area contributed by atoms with Crippen LogP contribution in [0.1, 0.15) is 323 Å². The maximum Gasteiger partial charge on any atom is 0.306 e. The van der Waals surface area contributed by atoms with Gasteiger partial charge in [-0.2, -0.15) is 0 Å². The summed E-state index contributed by atoms with van der Waals surface area (Å²) in [6.07, 6.45) is 96.7. The Balaban J connectivity index is 4.31. The molecule has 0 amide bonds. The minimum absolute atomic E-state index is 0.100. The zero-order valence-corrected chi connectivity index (χ0v) is 53.7. The molecule has 1 atom stereocenters. The Morgan fingerprint density at radius 1 is 0.256 bits per heavy atom. The molecule has 6 nitrogen and oxygen atoms in total. The van der Waals surface area contributed by atoms with Crippen molar-refractivity contribution in [2.45, 2.75) is 329 Å². The van der Waals surface area contributed by atoms with Crippen molar-refractivity contribution < 1.29 is 28.6 Å². The smallest absolute Gasteiger partial charge is 0.306 e. The van der Waals surface area contributed by atoms with Crippen LogP contribution in [0.15, 0.2) is 122 Å². The van der Waals surface area contributed by atoms with Crippen molar-refractivity contribution in [2.75, 3.05) is 13.2 Å². The summed E-state index contributed by atoms with van der Waals surface area (Å²) in [6, 6.07) is 0. The first-order valence-electron chi connectivity index (χ1n) is 34.5. The third-order valence-electron chi connectivity index (χ3n) is 14.7. The highest BCUT2D eigenvalue weighted by molar-refractivity contribution is 5.71. The van der Waals surface area contributed by atoms with Gasteiger partial charge in [-0.25, -0.2) is 0 Å². The van der Waals surface area contributed by atoms with E-state index in [9.17, 15) is 14.4 Å². The first-order valence-corrected chi connectivity index (χ1v) is 34.5. The molecule has 0 heterocycles. The van der Waals surface area contributed by atoms with Gasteiger partial charge in [0.1, 0.15) is 13.2 Å². The molecule has 0 rings (SSSR count). The topological polar surface area (TPSA) is 78.9 Å². The number of ether oxygens (including phenoxy) is 3. The third kappa shape index (κ3) is 66.6. The zero-order valence-electron chi connectivity index (χ0n) is 53.7. The van der Waals surface area contributed by atoms with E-state index in [1.54, 1.807) is 0 Å². The minimum atomic E-state index is -0.807. The Bertz CT molecular complexity index is 1690. The van der Waals surface area contributed by atoms with Gasteiger partial charge >= 0.3 is 17.9 Å². The molecule has 0 aliphatic heterocycles. The second kappa shape index (κ2) is 69.3. The molecule has 468 valence electrons. The van der Waals surface area contributed by atoms with E-state index in [2.05, 4.69) is 142 Å². The Labute approximate surface area is 507 Å². The van der Waals surface area contributed by atoms with Crippen molar-refractivity contribution in [1.82, 2.24) is 0 Å². The molecule has 0 aromatic rings. The maximum absolute atomic E-state index is 12.9. The van der Waals surface area contributed by atoms with Gasteiger partial charge in [0.25, 0.3) is 0 Å². The summed E-state index contributed by atoms with van der Waals surface area (Å²) in [4.78, 5) is 38.3. The fraction of sp³-hybridized carbons (Fsp3) is 0.697. The summed E-state index contributed by atoms with van der Waals surface area (Å²) in [6.45, 7) is 6.44. The van der Waals surface area contributed by atoms with Gasteiger partial charge in [-0.15, -0.1) is 0 Å². The van der Waals surface area contributed by atoms with Gasteiger partial charge in [0.2, 0.25) is 0 Å². The molecule has 0 aliphatic rings. The molecule has 0 N–H and O–H groups in total. The molecule has 0 spiro atoms. The SMILES string of the molecule is CC/C=C\C/C=C\C/C=C\C/C=C\C/C=C\C/C=C\C/C=C\C/C=C\C/C=C\CCCC(=O)OCC(COC(=O)CCCCCCC/C=C\CCC)OC(=O)CCCCCCCCCCCCCCCCCCCCCCCCCCC. The fourth-order valence-electron chi connectivity index (χ4n) is 9.57. The van der Waals surface area contributed by atoms with Crippen molar-refractivity contribution in [3.8, 4) is 0 Å². The van der Waals surface area contributed by atoms with Crippen LogP contribution in [0.4, 0.5) is 0 Å². The van der Waals surface area contributed by atoms with E-state index in [0.29, 0.717) is 19.3 Å². The highest BCUT2D eigenvalue weighted by Crippen LogP contribution is 2.17. The summed E-state index contributed by atoms with van der Waals surface area (Å²) in [5, 5.41) is 0. The average molecular weight is 1140 g/mol. The Morgan fingerprint density at radius 3 is 0.854 bits per heavy atom. The number of esters is 3. The molecule has 6 heteroatoms. The summed E-state index contributed by atoms with van der Waals surface area (Å²) < 4.78 is 16.9. The first-order chi connectivity index (χ1) is 40.5. The second-order valence-electron chi connectivity index (χ2n) is 22.7. The lowest BCUT2D eigenvalue weighted by molar-refractivity contribution is -0.167. The number of allylic oxidation sites excluding steroid dienone is 20. The van der Waals surface area contributed by atoms with E-state index in [0.717, 1.165) is 122 Å². The average Bonchev–Trinajstić information content (AvgIpc) is 3.48. The number of carbonyl (C=O) groups excluding carboxylic acids is 3. The van der Waals surface area contributed by atoms with Gasteiger partial charge in [-0.05, 0) is 103 Å². The Kier molecular flexibility index (Phi) is 65.8. The lowest BCUT2D eigenvalue weighted by Crippen LogP contribution is -2.30. The number of hydrogen-bond acceptors (Lipinski definition) is 6. The predicted molar refractivity (Wildman–Crippen MR) is 357 cm³/mol. The van der Waals surface area contributed by atoms with Gasteiger partial charge in [0.15, 0.2) is 6.10 Å². The monoisotopic (exact) mass is 1140 g/mol. The molecule has 0 aromatic heterocycles. The van der Waals surface area contributed by atoms with E-state index in [4.69, 9.17) is 14.2 Å².